The predicted molar refractivity (Wildman–Crippen MR) is 86.4 cm³/mol. The zero-order chi connectivity index (χ0) is 13.7. The molecular weight excluding hydrogens is 250 g/mol. The second-order valence-electron chi connectivity index (χ2n) is 4.88. The van der Waals surface area contributed by atoms with Crippen LogP contribution in [0.25, 0.3) is 0 Å². The number of nitrogens with zero attached hydrogens (tertiary/aromatic N) is 1. The van der Waals surface area contributed by atoms with E-state index in [9.17, 15) is 0 Å². The number of rotatable bonds is 5. The van der Waals surface area contributed by atoms with Crippen LogP contribution in [0.3, 0.4) is 0 Å². The van der Waals surface area contributed by atoms with Gasteiger partial charge in [-0.3, -0.25) is 0 Å². The van der Waals surface area contributed by atoms with Crippen LogP contribution in [0.1, 0.15) is 11.1 Å². The van der Waals surface area contributed by atoms with Crippen LogP contribution in [-0.4, -0.2) is 20.4 Å². The van der Waals surface area contributed by atoms with Crippen molar-refractivity contribution in [3.8, 4) is 0 Å². The van der Waals surface area contributed by atoms with Crippen LogP contribution in [0.2, 0.25) is 0 Å². The molecule has 0 aliphatic heterocycles. The predicted octanol–water partition coefficient (Wildman–Crippen LogP) is 4.26. The fourth-order valence-corrected chi connectivity index (χ4v) is 2.83. The van der Waals surface area contributed by atoms with Crippen LogP contribution in [0.4, 0.5) is 5.69 Å². The molecule has 100 valence electrons. The van der Waals surface area contributed by atoms with Crippen LogP contribution in [-0.2, 0) is 12.8 Å². The van der Waals surface area contributed by atoms with Gasteiger partial charge in [0.05, 0.1) is 0 Å². The number of hydrogen-bond acceptors (Lipinski definition) is 2. The molecule has 0 amide bonds. The Kier molecular flexibility index (Phi) is 4.92. The van der Waals surface area contributed by atoms with E-state index in [1.54, 1.807) is 0 Å². The number of benzene rings is 2. The highest BCUT2D eigenvalue weighted by Crippen LogP contribution is 2.22. The van der Waals surface area contributed by atoms with Gasteiger partial charge < -0.3 is 4.90 Å². The summed E-state index contributed by atoms with van der Waals surface area (Å²) in [6.07, 6.45) is 4.35. The smallest absolute Gasteiger partial charge is 0.0363 e. The van der Waals surface area contributed by atoms with Gasteiger partial charge in [-0.05, 0) is 48.4 Å². The lowest BCUT2D eigenvalue weighted by Crippen LogP contribution is -2.08. The van der Waals surface area contributed by atoms with Crippen LogP contribution in [0.5, 0.6) is 0 Å². The highest BCUT2D eigenvalue weighted by atomic mass is 32.2. The average Bonchev–Trinajstić information content (AvgIpc) is 2.45. The Bertz CT molecular complexity index is 534. The van der Waals surface area contributed by atoms with Crippen molar-refractivity contribution in [1.29, 1.82) is 0 Å². The molecule has 2 aromatic rings. The molecule has 1 nitrogen and oxygen atoms in total. The number of hydrogen-bond donors (Lipinski definition) is 0. The molecule has 0 N–H and O–H groups in total. The molecule has 0 bridgehead atoms. The minimum atomic E-state index is 1.10. The van der Waals surface area contributed by atoms with Crippen LogP contribution < -0.4 is 4.90 Å². The zero-order valence-electron chi connectivity index (χ0n) is 11.9. The molecule has 0 heterocycles. The summed E-state index contributed by atoms with van der Waals surface area (Å²) >= 11 is 1.83. The van der Waals surface area contributed by atoms with E-state index in [2.05, 4.69) is 73.8 Å². The summed E-state index contributed by atoms with van der Waals surface area (Å²) in [5, 5.41) is 0. The summed E-state index contributed by atoms with van der Waals surface area (Å²) in [6, 6.07) is 17.5. The molecule has 0 fully saturated rings. The maximum Gasteiger partial charge on any atom is 0.0363 e. The molecule has 0 aliphatic rings. The van der Waals surface area contributed by atoms with Gasteiger partial charge in [-0.25, -0.2) is 0 Å². The van der Waals surface area contributed by atoms with Gasteiger partial charge in [0.1, 0.15) is 0 Å². The van der Waals surface area contributed by atoms with Crippen molar-refractivity contribution < 1.29 is 0 Å². The third kappa shape index (κ3) is 3.77. The van der Waals surface area contributed by atoms with Gasteiger partial charge in [0, 0.05) is 24.7 Å². The molecule has 0 atom stereocenters. The largest absolute Gasteiger partial charge is 0.378 e. The lowest BCUT2D eigenvalue weighted by molar-refractivity contribution is 0.934. The van der Waals surface area contributed by atoms with E-state index in [0.29, 0.717) is 0 Å². The van der Waals surface area contributed by atoms with Crippen molar-refractivity contribution in [1.82, 2.24) is 0 Å². The molecule has 19 heavy (non-hydrogen) atoms. The molecule has 0 saturated heterocycles. The number of anilines is 1. The molecule has 2 aromatic carbocycles. The van der Waals surface area contributed by atoms with E-state index in [-0.39, 0.29) is 0 Å². The van der Waals surface area contributed by atoms with Gasteiger partial charge in [-0.2, -0.15) is 0 Å². The van der Waals surface area contributed by atoms with Crippen molar-refractivity contribution in [2.45, 2.75) is 17.7 Å². The van der Waals surface area contributed by atoms with Crippen LogP contribution in [0, 0.1) is 0 Å². The summed E-state index contributed by atoms with van der Waals surface area (Å²) < 4.78 is 0. The summed E-state index contributed by atoms with van der Waals surface area (Å²) in [5.41, 5.74) is 4.13. The normalized spacial score (nSPS) is 10.5. The van der Waals surface area contributed by atoms with Crippen molar-refractivity contribution in [3.63, 3.8) is 0 Å². The van der Waals surface area contributed by atoms with Crippen LogP contribution in [0.15, 0.2) is 53.4 Å². The van der Waals surface area contributed by atoms with Crippen molar-refractivity contribution in [2.75, 3.05) is 25.3 Å². The second kappa shape index (κ2) is 6.67. The Morgan fingerprint density at radius 1 is 0.947 bits per heavy atom. The fraction of sp³-hybridized carbons (Fsp3) is 0.294. The molecule has 0 unspecified atom stereocenters. The van der Waals surface area contributed by atoms with Crippen LogP contribution >= 0.6 is 11.8 Å². The Morgan fingerprint density at radius 2 is 1.74 bits per heavy atom. The lowest BCUT2D eigenvalue weighted by Gasteiger charge is -2.14. The number of thioether (sulfide) groups is 1. The van der Waals surface area contributed by atoms with Gasteiger partial charge in [-0.1, -0.05) is 30.3 Å². The third-order valence-corrected chi connectivity index (χ3v) is 4.14. The number of aryl methyl sites for hydroxylation is 2. The van der Waals surface area contributed by atoms with Crippen molar-refractivity contribution in [3.05, 3.63) is 59.7 Å². The first-order valence-corrected chi connectivity index (χ1v) is 7.81. The highest BCUT2D eigenvalue weighted by Gasteiger charge is 2.02. The van der Waals surface area contributed by atoms with Gasteiger partial charge in [-0.15, -0.1) is 11.8 Å². The Hall–Kier alpha value is -1.41. The summed E-state index contributed by atoms with van der Waals surface area (Å²) in [4.78, 5) is 3.55. The Balaban J connectivity index is 2.08. The molecule has 0 aromatic heterocycles. The van der Waals surface area contributed by atoms with Gasteiger partial charge in [0.15, 0.2) is 0 Å². The second-order valence-corrected chi connectivity index (χ2v) is 5.72. The SMILES string of the molecule is CSc1ccccc1CCc1cccc(N(C)C)c1. The molecule has 0 radical (unpaired) electrons. The van der Waals surface area contributed by atoms with Crippen molar-refractivity contribution in [2.24, 2.45) is 0 Å². The van der Waals surface area contributed by atoms with Gasteiger partial charge in [0.2, 0.25) is 0 Å². The molecule has 0 aliphatic carbocycles. The Labute approximate surface area is 120 Å². The molecule has 2 rings (SSSR count). The minimum Gasteiger partial charge on any atom is -0.378 e. The molecule has 2 heteroatoms. The first-order chi connectivity index (χ1) is 9.20. The minimum absolute atomic E-state index is 1.10. The Morgan fingerprint density at radius 3 is 2.47 bits per heavy atom. The van der Waals surface area contributed by atoms with Gasteiger partial charge in [0.25, 0.3) is 0 Å². The van der Waals surface area contributed by atoms with Crippen molar-refractivity contribution >= 4 is 17.4 Å². The first kappa shape index (κ1) is 14.0. The van der Waals surface area contributed by atoms with E-state index in [1.165, 1.54) is 21.7 Å². The summed E-state index contributed by atoms with van der Waals surface area (Å²) in [5.74, 6) is 0. The summed E-state index contributed by atoms with van der Waals surface area (Å²) in [6.45, 7) is 0. The third-order valence-electron chi connectivity index (χ3n) is 3.30. The van der Waals surface area contributed by atoms with E-state index < -0.39 is 0 Å². The van der Waals surface area contributed by atoms with Gasteiger partial charge >= 0.3 is 0 Å². The van der Waals surface area contributed by atoms with E-state index in [1.807, 2.05) is 11.8 Å². The standard InChI is InChI=1S/C17H21NS/c1-18(2)16-9-6-7-14(13-16)11-12-15-8-4-5-10-17(15)19-3/h4-10,13H,11-12H2,1-3H3. The molecule has 0 saturated carbocycles. The molecule has 0 spiro atoms. The summed E-state index contributed by atoms with van der Waals surface area (Å²) in [7, 11) is 4.17. The monoisotopic (exact) mass is 271 g/mol. The average molecular weight is 271 g/mol. The van der Waals surface area contributed by atoms with E-state index in [0.717, 1.165) is 12.8 Å². The quantitative estimate of drug-likeness (QED) is 0.748. The maximum atomic E-state index is 2.28. The van der Waals surface area contributed by atoms with E-state index >= 15 is 0 Å². The highest BCUT2D eigenvalue weighted by molar-refractivity contribution is 7.98. The molecular formula is C17H21NS. The lowest BCUT2D eigenvalue weighted by atomic mass is 10.0. The topological polar surface area (TPSA) is 3.24 Å². The fourth-order valence-electron chi connectivity index (χ4n) is 2.18. The van der Waals surface area contributed by atoms with E-state index in [4.69, 9.17) is 0 Å². The first-order valence-electron chi connectivity index (χ1n) is 6.59. The maximum absolute atomic E-state index is 2.28. The zero-order valence-corrected chi connectivity index (χ0v) is 12.7.